The molecule has 3 unspecified atom stereocenters. The molecule has 0 saturated heterocycles. The molecule has 2 heteroatoms. The van der Waals surface area contributed by atoms with Crippen LogP contribution >= 0.6 is 0 Å². The minimum atomic E-state index is -0.278. The molecule has 0 bridgehead atoms. The van der Waals surface area contributed by atoms with E-state index in [9.17, 15) is 5.11 Å². The Morgan fingerprint density at radius 2 is 2.00 bits per heavy atom. The van der Waals surface area contributed by atoms with Crippen molar-refractivity contribution in [3.63, 3.8) is 0 Å². The van der Waals surface area contributed by atoms with E-state index in [1.807, 2.05) is 18.3 Å². The molecule has 20 heavy (non-hydrogen) atoms. The largest absolute Gasteiger partial charge is 0.392 e. The lowest BCUT2D eigenvalue weighted by Gasteiger charge is -2.10. The molecule has 2 nitrogen and oxygen atoms in total. The fourth-order valence-corrected chi connectivity index (χ4v) is 2.87. The lowest BCUT2D eigenvalue weighted by Crippen LogP contribution is -2.15. The number of aliphatic hydroxyl groups excluding tert-OH is 1. The Bertz CT molecular complexity index is 549. The van der Waals surface area contributed by atoms with Crippen LogP contribution < -0.4 is 0 Å². The smallest absolute Gasteiger partial charge is 0.0629 e. The number of hydrogen-bond donors (Lipinski definition) is 1. The summed E-state index contributed by atoms with van der Waals surface area (Å²) in [6.07, 6.45) is 4.41. The van der Waals surface area contributed by atoms with E-state index in [-0.39, 0.29) is 6.10 Å². The molecule has 1 fully saturated rings. The normalized spacial score (nSPS) is 22.5. The molecule has 1 aliphatic carbocycles. The van der Waals surface area contributed by atoms with Crippen LogP contribution in [0.3, 0.4) is 0 Å². The van der Waals surface area contributed by atoms with Gasteiger partial charge in [0.2, 0.25) is 0 Å². The fourth-order valence-electron chi connectivity index (χ4n) is 2.87. The van der Waals surface area contributed by atoms with Crippen molar-refractivity contribution in [1.29, 1.82) is 0 Å². The second kappa shape index (κ2) is 5.76. The third-order valence-corrected chi connectivity index (χ3v) is 4.27. The predicted octanol–water partition coefficient (Wildman–Crippen LogP) is 3.35. The van der Waals surface area contributed by atoms with Gasteiger partial charge in [-0.25, -0.2) is 0 Å². The molecule has 0 aliphatic heterocycles. The summed E-state index contributed by atoms with van der Waals surface area (Å²) in [6, 6.07) is 14.6. The Balaban J connectivity index is 1.59. The van der Waals surface area contributed by atoms with Gasteiger partial charge < -0.3 is 5.11 Å². The highest BCUT2D eigenvalue weighted by Gasteiger charge is 2.43. The zero-order chi connectivity index (χ0) is 13.9. The lowest BCUT2D eigenvalue weighted by molar-refractivity contribution is 0.148. The Hall–Kier alpha value is -1.67. The van der Waals surface area contributed by atoms with E-state index in [1.54, 1.807) is 0 Å². The molecule has 1 aromatic carbocycles. The summed E-state index contributed by atoms with van der Waals surface area (Å²) in [7, 11) is 0. The summed E-state index contributed by atoms with van der Waals surface area (Å²) >= 11 is 0. The highest BCUT2D eigenvalue weighted by Crippen LogP contribution is 2.49. The molecule has 1 heterocycles. The minimum absolute atomic E-state index is 0.278. The van der Waals surface area contributed by atoms with Gasteiger partial charge in [-0.15, -0.1) is 0 Å². The molecule has 1 aliphatic rings. The molecule has 104 valence electrons. The number of nitrogens with zero attached hydrogens (tertiary/aromatic N) is 1. The molecular formula is C18H21NO. The third kappa shape index (κ3) is 2.91. The maximum atomic E-state index is 10.4. The molecule has 3 atom stereocenters. The number of hydrogen-bond acceptors (Lipinski definition) is 2. The number of aliphatic hydroxyl groups is 1. The number of benzene rings is 1. The van der Waals surface area contributed by atoms with Gasteiger partial charge in [-0.3, -0.25) is 4.98 Å². The van der Waals surface area contributed by atoms with Crippen LogP contribution in [0.25, 0.3) is 0 Å². The summed E-state index contributed by atoms with van der Waals surface area (Å²) in [5, 5.41) is 10.4. The van der Waals surface area contributed by atoms with E-state index in [2.05, 4.69) is 42.2 Å². The quantitative estimate of drug-likeness (QED) is 0.901. The van der Waals surface area contributed by atoms with Gasteiger partial charge in [0.15, 0.2) is 0 Å². The van der Waals surface area contributed by atoms with Crippen LogP contribution in [0.1, 0.15) is 36.1 Å². The fraction of sp³-hybridized carbons (Fsp3) is 0.389. The Labute approximate surface area is 120 Å². The van der Waals surface area contributed by atoms with Crippen LogP contribution in [-0.2, 0) is 12.8 Å². The van der Waals surface area contributed by atoms with Crippen molar-refractivity contribution < 1.29 is 5.11 Å². The average molecular weight is 267 g/mol. The van der Waals surface area contributed by atoms with Crippen molar-refractivity contribution >= 4 is 0 Å². The zero-order valence-corrected chi connectivity index (χ0v) is 11.9. The van der Waals surface area contributed by atoms with E-state index < -0.39 is 0 Å². The first-order valence-corrected chi connectivity index (χ1v) is 7.44. The summed E-state index contributed by atoms with van der Waals surface area (Å²) in [5.74, 6) is 0.922. The van der Waals surface area contributed by atoms with Gasteiger partial charge in [0.25, 0.3) is 0 Å². The van der Waals surface area contributed by atoms with Crippen molar-refractivity contribution in [3.05, 3.63) is 65.5 Å². The second-order valence-corrected chi connectivity index (χ2v) is 5.70. The van der Waals surface area contributed by atoms with Crippen molar-refractivity contribution in [1.82, 2.24) is 4.98 Å². The van der Waals surface area contributed by atoms with Gasteiger partial charge in [-0.1, -0.05) is 43.3 Å². The Morgan fingerprint density at radius 1 is 1.20 bits per heavy atom. The molecule has 1 saturated carbocycles. The van der Waals surface area contributed by atoms with Crippen LogP contribution in [0.5, 0.6) is 0 Å². The number of aromatic nitrogens is 1. The van der Waals surface area contributed by atoms with Crippen molar-refractivity contribution in [3.8, 4) is 0 Å². The van der Waals surface area contributed by atoms with Gasteiger partial charge >= 0.3 is 0 Å². The van der Waals surface area contributed by atoms with Crippen molar-refractivity contribution in [2.75, 3.05) is 0 Å². The molecular weight excluding hydrogens is 246 g/mol. The SMILES string of the molecule is CCc1ccc(CC(O)C2CC2c2ccccc2)nc1. The number of aryl methyl sites for hydroxylation is 1. The van der Waals surface area contributed by atoms with Crippen molar-refractivity contribution in [2.24, 2.45) is 5.92 Å². The second-order valence-electron chi connectivity index (χ2n) is 5.70. The third-order valence-electron chi connectivity index (χ3n) is 4.27. The summed E-state index contributed by atoms with van der Waals surface area (Å²) < 4.78 is 0. The van der Waals surface area contributed by atoms with E-state index in [0.717, 1.165) is 18.5 Å². The molecule has 2 aromatic rings. The van der Waals surface area contributed by atoms with E-state index >= 15 is 0 Å². The van der Waals surface area contributed by atoms with Crippen LogP contribution in [-0.4, -0.2) is 16.2 Å². The standard InChI is InChI=1S/C18H21NO/c1-2-13-8-9-15(19-12-13)10-18(20)17-11-16(17)14-6-4-3-5-7-14/h3-9,12,16-18,20H,2,10-11H2,1H3. The topological polar surface area (TPSA) is 33.1 Å². The number of pyridine rings is 1. The zero-order valence-electron chi connectivity index (χ0n) is 11.9. The maximum Gasteiger partial charge on any atom is 0.0629 e. The molecule has 0 amide bonds. The monoisotopic (exact) mass is 267 g/mol. The maximum absolute atomic E-state index is 10.4. The lowest BCUT2D eigenvalue weighted by atomic mass is 10.0. The summed E-state index contributed by atoms with van der Waals surface area (Å²) in [5.41, 5.74) is 3.59. The van der Waals surface area contributed by atoms with Gasteiger partial charge in [0.05, 0.1) is 6.10 Å². The Kier molecular flexibility index (Phi) is 3.83. The van der Waals surface area contributed by atoms with Crippen molar-refractivity contribution in [2.45, 2.75) is 38.2 Å². The highest BCUT2D eigenvalue weighted by molar-refractivity contribution is 5.26. The van der Waals surface area contributed by atoms with Crippen LogP contribution in [0.15, 0.2) is 48.7 Å². The first-order valence-electron chi connectivity index (χ1n) is 7.44. The molecule has 1 aromatic heterocycles. The van der Waals surface area contributed by atoms with Gasteiger partial charge in [0.1, 0.15) is 0 Å². The molecule has 3 rings (SSSR count). The number of rotatable bonds is 5. The van der Waals surface area contributed by atoms with Gasteiger partial charge in [-0.05, 0) is 41.9 Å². The molecule has 1 N–H and O–H groups in total. The molecule has 0 spiro atoms. The predicted molar refractivity (Wildman–Crippen MR) is 80.6 cm³/mol. The minimum Gasteiger partial charge on any atom is -0.392 e. The first-order chi connectivity index (χ1) is 9.78. The average Bonchev–Trinajstić information content (AvgIpc) is 3.29. The van der Waals surface area contributed by atoms with Gasteiger partial charge in [0, 0.05) is 18.3 Å². The summed E-state index contributed by atoms with van der Waals surface area (Å²) in [4.78, 5) is 4.44. The Morgan fingerprint density at radius 3 is 2.65 bits per heavy atom. The van der Waals surface area contributed by atoms with Gasteiger partial charge in [-0.2, -0.15) is 0 Å². The first kappa shape index (κ1) is 13.3. The van der Waals surface area contributed by atoms with Crippen LogP contribution in [0, 0.1) is 5.92 Å². The van der Waals surface area contributed by atoms with E-state index in [4.69, 9.17) is 0 Å². The highest BCUT2D eigenvalue weighted by atomic mass is 16.3. The van der Waals surface area contributed by atoms with Crippen LogP contribution in [0.2, 0.25) is 0 Å². The van der Waals surface area contributed by atoms with E-state index in [0.29, 0.717) is 18.3 Å². The summed E-state index contributed by atoms with van der Waals surface area (Å²) in [6.45, 7) is 2.13. The van der Waals surface area contributed by atoms with E-state index in [1.165, 1.54) is 11.1 Å². The van der Waals surface area contributed by atoms with Crippen LogP contribution in [0.4, 0.5) is 0 Å². The molecule has 0 radical (unpaired) electrons.